The van der Waals surface area contributed by atoms with Gasteiger partial charge in [-0.05, 0) is 12.3 Å². The van der Waals surface area contributed by atoms with Crippen molar-refractivity contribution in [1.82, 2.24) is 14.9 Å². The maximum atomic E-state index is 12.6. The first kappa shape index (κ1) is 34.3. The molecule has 6 N–H and O–H groups in total. The third kappa shape index (κ3) is 7.78. The molecule has 0 saturated carbocycles. The maximum absolute atomic E-state index is 12.6. The zero-order valence-electron chi connectivity index (χ0n) is 26.1. The lowest BCUT2D eigenvalue weighted by Crippen LogP contribution is -2.48. The van der Waals surface area contributed by atoms with Crippen LogP contribution < -0.4 is 27.2 Å². The fourth-order valence-corrected chi connectivity index (χ4v) is 4.94. The lowest BCUT2D eigenvalue weighted by molar-refractivity contribution is -0.201. The number of anilines is 2. The smallest absolute Gasteiger partial charge is 0.414 e. The van der Waals surface area contributed by atoms with Gasteiger partial charge < -0.3 is 45.0 Å². The molecule has 1 fully saturated rings. The Hall–Kier alpha value is -4.61. The number of carbonyl (C=O) groups is 4. The first-order valence-corrected chi connectivity index (χ1v) is 14.8. The lowest BCUT2D eigenvalue weighted by Gasteiger charge is -2.40. The number of amides is 2. The van der Waals surface area contributed by atoms with Gasteiger partial charge >= 0.3 is 18.0 Å². The molecule has 0 radical (unpaired) electrons. The zero-order chi connectivity index (χ0) is 33.7. The number of aliphatic imine (C=N–C) groups is 1. The fourth-order valence-electron chi connectivity index (χ4n) is 4.94. The van der Waals surface area contributed by atoms with Crippen LogP contribution >= 0.6 is 0 Å². The number of aliphatic hydroxyl groups excluding tert-OH is 1. The topological polar surface area (TPSA) is 235 Å². The van der Waals surface area contributed by atoms with Crippen LogP contribution in [0.5, 0.6) is 0 Å². The highest BCUT2D eigenvalue weighted by atomic mass is 16.7. The zero-order valence-corrected chi connectivity index (χ0v) is 26.1. The molecule has 2 aromatic rings. The first-order chi connectivity index (χ1) is 21.8. The monoisotopic (exact) mass is 645 g/mol. The van der Waals surface area contributed by atoms with E-state index in [0.717, 1.165) is 6.07 Å². The van der Waals surface area contributed by atoms with Gasteiger partial charge in [-0.3, -0.25) is 24.5 Å². The molecule has 4 rings (SSSR count). The van der Waals surface area contributed by atoms with Crippen LogP contribution in [0, 0.1) is 17.8 Å². The second-order valence-corrected chi connectivity index (χ2v) is 11.7. The number of esters is 2. The minimum absolute atomic E-state index is 0.0473. The SMILES string of the molecule is CC(C)C(=O)OCOC(=O)Nc1cc(=O)nc2c3c(n([C@@H]4O[C@H](CO)C(OC(=O)CNC(=O)[C@@H](N)C(C)C)C[C@@H]4C)cc13)N=CN2. The van der Waals surface area contributed by atoms with Crippen LogP contribution in [0.25, 0.3) is 10.8 Å². The standard InChI is InChI=1S/C29H39N7O10/c1-13(2)23(30)26(40)31-8-21(39)45-18-6-15(5)27(46-19(18)10-37)36-9-16-17(34-29(42)44-12-43-28(41)14(3)4)7-20(38)35-24-22(16)25(36)33-11-32-24/h7,9,11,13-15,18-19,23,27,37H,6,8,10,12,30H2,1-5H3,(H,31,40)(H,34,42)(H,32,33,35,38)/t15-,18?,19+,23-,27+/m0/s1. The summed E-state index contributed by atoms with van der Waals surface area (Å²) >= 11 is 0. The Bertz CT molecular complexity index is 1570. The molecule has 0 aromatic carbocycles. The predicted octanol–water partition coefficient (Wildman–Crippen LogP) is 1.11. The largest absolute Gasteiger partial charge is 0.458 e. The van der Waals surface area contributed by atoms with Crippen molar-refractivity contribution in [2.75, 3.05) is 30.6 Å². The summed E-state index contributed by atoms with van der Waals surface area (Å²) in [5, 5.41) is 18.7. The van der Waals surface area contributed by atoms with E-state index < -0.39 is 79.8 Å². The minimum atomic E-state index is -0.984. The van der Waals surface area contributed by atoms with Crippen LogP contribution in [-0.2, 0) is 33.3 Å². The number of hydrogen-bond acceptors (Lipinski definition) is 14. The number of carbonyl (C=O) groups excluding carboxylic acids is 4. The second kappa shape index (κ2) is 14.7. The van der Waals surface area contributed by atoms with Gasteiger partial charge in [-0.15, -0.1) is 0 Å². The highest BCUT2D eigenvalue weighted by molar-refractivity contribution is 6.12. The number of nitrogens with zero attached hydrogens (tertiary/aromatic N) is 3. The van der Waals surface area contributed by atoms with Gasteiger partial charge in [0.05, 0.1) is 36.0 Å². The van der Waals surface area contributed by atoms with E-state index in [1.54, 1.807) is 38.5 Å². The van der Waals surface area contributed by atoms with Crippen molar-refractivity contribution in [3.05, 3.63) is 22.6 Å². The van der Waals surface area contributed by atoms with Crippen molar-refractivity contribution in [3.63, 3.8) is 0 Å². The van der Waals surface area contributed by atoms with Crippen molar-refractivity contribution in [3.8, 4) is 0 Å². The molecule has 5 atom stereocenters. The summed E-state index contributed by atoms with van der Waals surface area (Å²) in [6, 6.07) is 0.333. The Kier molecular flexibility index (Phi) is 10.9. The van der Waals surface area contributed by atoms with E-state index in [0.29, 0.717) is 16.6 Å². The van der Waals surface area contributed by atoms with Crippen LogP contribution in [0.1, 0.15) is 47.3 Å². The van der Waals surface area contributed by atoms with Crippen LogP contribution in [0.3, 0.4) is 0 Å². The molecule has 2 aromatic heterocycles. The highest BCUT2D eigenvalue weighted by Gasteiger charge is 2.40. The quantitative estimate of drug-likeness (QED) is 0.170. The van der Waals surface area contributed by atoms with E-state index in [4.69, 9.17) is 24.7 Å². The van der Waals surface area contributed by atoms with Gasteiger partial charge in [-0.25, -0.2) is 9.79 Å². The molecule has 0 aliphatic carbocycles. The number of ether oxygens (including phenoxy) is 4. The van der Waals surface area contributed by atoms with Gasteiger partial charge in [0.2, 0.25) is 12.7 Å². The molecule has 46 heavy (non-hydrogen) atoms. The first-order valence-electron chi connectivity index (χ1n) is 14.8. The van der Waals surface area contributed by atoms with Crippen molar-refractivity contribution in [2.24, 2.45) is 28.5 Å². The van der Waals surface area contributed by atoms with E-state index in [1.807, 2.05) is 6.92 Å². The maximum Gasteiger partial charge on any atom is 0.414 e. The summed E-state index contributed by atoms with van der Waals surface area (Å²) in [6.45, 7) is 7.19. The van der Waals surface area contributed by atoms with Crippen molar-refractivity contribution in [1.29, 1.82) is 0 Å². The van der Waals surface area contributed by atoms with E-state index in [-0.39, 0.29) is 29.8 Å². The third-order valence-electron chi connectivity index (χ3n) is 7.49. The van der Waals surface area contributed by atoms with Crippen molar-refractivity contribution < 1.29 is 43.2 Å². The van der Waals surface area contributed by atoms with Crippen LogP contribution in [0.4, 0.5) is 22.1 Å². The fraction of sp³-hybridized carbons (Fsp3) is 0.552. The molecule has 1 saturated heterocycles. The van der Waals surface area contributed by atoms with Crippen LogP contribution in [-0.4, -0.2) is 83.1 Å². The summed E-state index contributed by atoms with van der Waals surface area (Å²) in [6.07, 6.45) is -0.204. The second-order valence-electron chi connectivity index (χ2n) is 11.7. The van der Waals surface area contributed by atoms with Gasteiger partial charge in [0, 0.05) is 23.6 Å². The number of nitrogens with one attached hydrogen (secondary N) is 3. The Morgan fingerprint density at radius 2 is 1.96 bits per heavy atom. The Balaban J connectivity index is 1.55. The minimum Gasteiger partial charge on any atom is -0.458 e. The van der Waals surface area contributed by atoms with Crippen molar-refractivity contribution in [2.45, 2.75) is 65.5 Å². The average Bonchev–Trinajstić information content (AvgIpc) is 3.33. The summed E-state index contributed by atoms with van der Waals surface area (Å²) < 4.78 is 23.3. The molecule has 0 bridgehead atoms. The molecule has 2 aliphatic rings. The Labute approximate surface area is 263 Å². The van der Waals surface area contributed by atoms with E-state index in [9.17, 15) is 29.1 Å². The predicted molar refractivity (Wildman–Crippen MR) is 164 cm³/mol. The third-order valence-corrected chi connectivity index (χ3v) is 7.49. The number of aliphatic hydroxyl groups is 1. The van der Waals surface area contributed by atoms with Gasteiger partial charge in [0.15, 0.2) is 0 Å². The molecule has 17 heteroatoms. The molecule has 2 amide bonds. The molecule has 250 valence electrons. The summed E-state index contributed by atoms with van der Waals surface area (Å²) in [5.74, 6) is -2.04. The summed E-state index contributed by atoms with van der Waals surface area (Å²) in [5.41, 5.74) is 5.20. The Morgan fingerprint density at radius 3 is 2.63 bits per heavy atom. The normalized spacial score (nSPS) is 21.0. The molecular weight excluding hydrogens is 606 g/mol. The average molecular weight is 646 g/mol. The number of rotatable bonds is 11. The summed E-state index contributed by atoms with van der Waals surface area (Å²) in [4.78, 5) is 70.0. The molecule has 0 spiro atoms. The summed E-state index contributed by atoms with van der Waals surface area (Å²) in [7, 11) is 0. The van der Waals surface area contributed by atoms with Crippen LogP contribution in [0.2, 0.25) is 0 Å². The van der Waals surface area contributed by atoms with E-state index in [1.165, 1.54) is 6.34 Å². The van der Waals surface area contributed by atoms with Gasteiger partial charge in [0.25, 0.3) is 5.56 Å². The molecule has 1 unspecified atom stereocenters. The molecule has 4 heterocycles. The van der Waals surface area contributed by atoms with E-state index in [2.05, 4.69) is 25.9 Å². The van der Waals surface area contributed by atoms with Gasteiger partial charge in [-0.1, -0.05) is 34.6 Å². The van der Waals surface area contributed by atoms with Crippen LogP contribution in [0.15, 0.2) is 22.1 Å². The number of aromatic nitrogens is 2. The van der Waals surface area contributed by atoms with Gasteiger partial charge in [-0.2, -0.15) is 4.98 Å². The molecular formula is C29H39N7O10. The lowest BCUT2D eigenvalue weighted by atomic mass is 9.94. The molecule has 17 nitrogen and oxygen atoms in total. The van der Waals surface area contributed by atoms with Gasteiger partial charge in [0.1, 0.15) is 36.6 Å². The Morgan fingerprint density at radius 1 is 1.22 bits per heavy atom. The highest BCUT2D eigenvalue weighted by Crippen LogP contribution is 2.43. The molecule has 2 aliphatic heterocycles. The number of nitrogens with two attached hydrogens (primary N) is 1. The van der Waals surface area contributed by atoms with E-state index >= 15 is 0 Å². The van der Waals surface area contributed by atoms with Crippen molar-refractivity contribution >= 4 is 58.4 Å². The number of hydrogen-bond donors (Lipinski definition) is 5.